The maximum atomic E-state index is 13.1. The Morgan fingerprint density at radius 3 is 2.28 bits per heavy atom. The number of benzene rings is 2. The number of hydrogen-bond donors (Lipinski definition) is 3. The van der Waals surface area contributed by atoms with Crippen molar-refractivity contribution < 1.29 is 8.78 Å². The fourth-order valence-corrected chi connectivity index (χ4v) is 3.38. The molecule has 0 amide bonds. The van der Waals surface area contributed by atoms with Crippen molar-refractivity contribution in [1.29, 1.82) is 0 Å². The summed E-state index contributed by atoms with van der Waals surface area (Å²) in [6.45, 7) is 2.62. The summed E-state index contributed by atoms with van der Waals surface area (Å²) in [6.07, 6.45) is 1.03. The maximum Gasteiger partial charge on any atom is 0.229 e. The number of nitrogen functional groups attached to an aromatic ring is 1. The Morgan fingerprint density at radius 2 is 1.59 bits per heavy atom. The lowest BCUT2D eigenvalue weighted by molar-refractivity contribution is 0.626. The highest BCUT2D eigenvalue weighted by atomic mass is 19.1. The maximum absolute atomic E-state index is 13.1. The van der Waals surface area contributed by atoms with Gasteiger partial charge in [-0.1, -0.05) is 24.3 Å². The van der Waals surface area contributed by atoms with Crippen LogP contribution in [-0.4, -0.2) is 21.5 Å². The molecule has 1 heterocycles. The second-order valence-electron chi connectivity index (χ2n) is 7.29. The number of aromatic nitrogens is 3. The van der Waals surface area contributed by atoms with Crippen molar-refractivity contribution in [1.82, 2.24) is 15.0 Å². The third kappa shape index (κ3) is 4.77. The zero-order chi connectivity index (χ0) is 20.4. The number of nitrogens with zero attached hydrogens (tertiary/aromatic N) is 3. The van der Waals surface area contributed by atoms with Gasteiger partial charge in [0.2, 0.25) is 17.8 Å². The van der Waals surface area contributed by atoms with Crippen LogP contribution in [0.4, 0.5) is 26.6 Å². The lowest BCUT2D eigenvalue weighted by atomic mass is 10.1. The zero-order valence-corrected chi connectivity index (χ0v) is 15.9. The van der Waals surface area contributed by atoms with Gasteiger partial charge in [0.15, 0.2) is 0 Å². The van der Waals surface area contributed by atoms with E-state index in [4.69, 9.17) is 5.73 Å². The highest BCUT2D eigenvalue weighted by Gasteiger charge is 2.38. The molecule has 2 aromatic carbocycles. The average Bonchev–Trinajstić information content (AvgIpc) is 3.47. The number of halogens is 2. The molecule has 1 saturated carbocycles. The van der Waals surface area contributed by atoms with Gasteiger partial charge in [-0.15, -0.1) is 0 Å². The standard InChI is InChI=1S/C21H22F2N6/c1-12(13-2-6-16(22)7-3-13)26-21-28-19(24)27-20(29-21)25-11-15-10-18(15)14-4-8-17(23)9-5-14/h2-9,12,15,18H,10-11H2,1H3,(H4,24,25,26,27,28,29)/t12?,15-,18-/m1/s1. The Kier molecular flexibility index (Phi) is 5.24. The van der Waals surface area contributed by atoms with Crippen LogP contribution in [0.15, 0.2) is 48.5 Å². The summed E-state index contributed by atoms with van der Waals surface area (Å²) < 4.78 is 26.2. The number of hydrogen-bond acceptors (Lipinski definition) is 6. The number of nitrogens with one attached hydrogen (secondary N) is 2. The van der Waals surface area contributed by atoms with Crippen molar-refractivity contribution in [2.24, 2.45) is 5.92 Å². The van der Waals surface area contributed by atoms with Crippen LogP contribution in [0.3, 0.4) is 0 Å². The largest absolute Gasteiger partial charge is 0.368 e. The van der Waals surface area contributed by atoms with Crippen LogP contribution >= 0.6 is 0 Å². The van der Waals surface area contributed by atoms with E-state index in [0.29, 0.717) is 30.3 Å². The van der Waals surface area contributed by atoms with E-state index in [0.717, 1.165) is 17.5 Å². The van der Waals surface area contributed by atoms with E-state index in [1.54, 1.807) is 12.1 Å². The molecule has 3 aromatic rings. The second-order valence-corrected chi connectivity index (χ2v) is 7.29. The molecule has 4 N–H and O–H groups in total. The Labute approximate surface area is 167 Å². The van der Waals surface area contributed by atoms with Gasteiger partial charge in [-0.2, -0.15) is 15.0 Å². The number of nitrogens with two attached hydrogens (primary N) is 1. The molecular formula is C21H22F2N6. The van der Waals surface area contributed by atoms with Gasteiger partial charge < -0.3 is 16.4 Å². The Bertz CT molecular complexity index is 977. The highest BCUT2D eigenvalue weighted by Crippen LogP contribution is 2.47. The molecule has 29 heavy (non-hydrogen) atoms. The van der Waals surface area contributed by atoms with E-state index < -0.39 is 0 Å². The first-order chi connectivity index (χ1) is 14.0. The van der Waals surface area contributed by atoms with E-state index in [1.165, 1.54) is 24.3 Å². The molecule has 0 saturated heterocycles. The molecule has 1 aliphatic carbocycles. The third-order valence-electron chi connectivity index (χ3n) is 5.11. The topological polar surface area (TPSA) is 88.8 Å². The molecule has 1 aliphatic rings. The molecule has 4 rings (SSSR count). The molecule has 3 atom stereocenters. The Morgan fingerprint density at radius 1 is 0.966 bits per heavy atom. The predicted octanol–water partition coefficient (Wildman–Crippen LogP) is 4.12. The van der Waals surface area contributed by atoms with Gasteiger partial charge in [0.05, 0.1) is 6.04 Å². The summed E-state index contributed by atoms with van der Waals surface area (Å²) in [7, 11) is 0. The summed E-state index contributed by atoms with van der Waals surface area (Å²) in [5, 5.41) is 6.38. The van der Waals surface area contributed by atoms with Crippen LogP contribution in [0, 0.1) is 17.6 Å². The summed E-state index contributed by atoms with van der Waals surface area (Å²) in [4.78, 5) is 12.6. The van der Waals surface area contributed by atoms with Gasteiger partial charge in [0.25, 0.3) is 0 Å². The van der Waals surface area contributed by atoms with E-state index >= 15 is 0 Å². The number of rotatable bonds is 7. The molecule has 8 heteroatoms. The Hall–Kier alpha value is -3.29. The van der Waals surface area contributed by atoms with Crippen LogP contribution in [0.2, 0.25) is 0 Å². The van der Waals surface area contributed by atoms with Crippen LogP contribution in [0.5, 0.6) is 0 Å². The van der Waals surface area contributed by atoms with Gasteiger partial charge in [0, 0.05) is 6.54 Å². The average molecular weight is 396 g/mol. The Balaban J connectivity index is 1.36. The first kappa shape index (κ1) is 19.0. The molecule has 6 nitrogen and oxygen atoms in total. The first-order valence-corrected chi connectivity index (χ1v) is 9.51. The van der Waals surface area contributed by atoms with E-state index in [2.05, 4.69) is 25.6 Å². The van der Waals surface area contributed by atoms with Crippen LogP contribution in [-0.2, 0) is 0 Å². The van der Waals surface area contributed by atoms with Crippen LogP contribution < -0.4 is 16.4 Å². The molecule has 1 fully saturated rings. The normalized spacial score (nSPS) is 18.9. The van der Waals surface area contributed by atoms with Crippen molar-refractivity contribution in [3.05, 3.63) is 71.3 Å². The molecule has 0 bridgehead atoms. The van der Waals surface area contributed by atoms with E-state index in [9.17, 15) is 8.78 Å². The van der Waals surface area contributed by atoms with Gasteiger partial charge in [0.1, 0.15) is 11.6 Å². The molecule has 0 aliphatic heterocycles. The first-order valence-electron chi connectivity index (χ1n) is 9.51. The summed E-state index contributed by atoms with van der Waals surface area (Å²) in [5.74, 6) is 1.21. The van der Waals surface area contributed by atoms with Crippen LogP contribution in [0.1, 0.15) is 36.4 Å². The predicted molar refractivity (Wildman–Crippen MR) is 108 cm³/mol. The van der Waals surface area contributed by atoms with Crippen molar-refractivity contribution in [2.45, 2.75) is 25.3 Å². The number of anilines is 3. The van der Waals surface area contributed by atoms with Crippen molar-refractivity contribution in [2.75, 3.05) is 22.9 Å². The molecule has 0 spiro atoms. The molecule has 0 radical (unpaired) electrons. The zero-order valence-electron chi connectivity index (χ0n) is 15.9. The summed E-state index contributed by atoms with van der Waals surface area (Å²) in [5.41, 5.74) is 7.87. The van der Waals surface area contributed by atoms with Gasteiger partial charge >= 0.3 is 0 Å². The lowest BCUT2D eigenvalue weighted by Crippen LogP contribution is -2.14. The SMILES string of the molecule is CC(Nc1nc(N)nc(NC[C@H]2C[C@@H]2c2ccc(F)cc2)n1)c1ccc(F)cc1. The molecule has 1 unspecified atom stereocenters. The fraction of sp³-hybridized carbons (Fsp3) is 0.286. The monoisotopic (exact) mass is 396 g/mol. The van der Waals surface area contributed by atoms with Gasteiger partial charge in [-0.3, -0.25) is 0 Å². The minimum absolute atomic E-state index is 0.113. The molecule has 1 aromatic heterocycles. The second kappa shape index (κ2) is 7.98. The molecule has 150 valence electrons. The van der Waals surface area contributed by atoms with Crippen molar-refractivity contribution in [3.63, 3.8) is 0 Å². The van der Waals surface area contributed by atoms with Gasteiger partial charge in [-0.05, 0) is 60.6 Å². The molecular weight excluding hydrogens is 374 g/mol. The van der Waals surface area contributed by atoms with Crippen molar-refractivity contribution >= 4 is 17.8 Å². The van der Waals surface area contributed by atoms with Crippen LogP contribution in [0.25, 0.3) is 0 Å². The quantitative estimate of drug-likeness (QED) is 0.557. The smallest absolute Gasteiger partial charge is 0.229 e. The third-order valence-corrected chi connectivity index (χ3v) is 5.11. The summed E-state index contributed by atoms with van der Waals surface area (Å²) >= 11 is 0. The van der Waals surface area contributed by atoms with Gasteiger partial charge in [-0.25, -0.2) is 8.78 Å². The van der Waals surface area contributed by atoms with E-state index in [-0.39, 0.29) is 23.6 Å². The summed E-state index contributed by atoms with van der Waals surface area (Å²) in [6, 6.07) is 12.8. The van der Waals surface area contributed by atoms with Crippen molar-refractivity contribution in [3.8, 4) is 0 Å². The highest BCUT2D eigenvalue weighted by molar-refractivity contribution is 5.42. The van der Waals surface area contributed by atoms with E-state index in [1.807, 2.05) is 19.1 Å². The lowest BCUT2D eigenvalue weighted by Gasteiger charge is -2.15. The minimum Gasteiger partial charge on any atom is -0.368 e. The minimum atomic E-state index is -0.282. The fourth-order valence-electron chi connectivity index (χ4n) is 3.38.